The highest BCUT2D eigenvalue weighted by molar-refractivity contribution is 5.69. The van der Waals surface area contributed by atoms with Crippen molar-refractivity contribution in [1.82, 2.24) is 0 Å². The molecule has 1 fully saturated rings. The summed E-state index contributed by atoms with van der Waals surface area (Å²) in [4.78, 5) is 12.2. The molecule has 0 amide bonds. The SMILES string of the molecule is CCCCCCCC/C=C\CCCCCCCCCCCCOCC(COC1OC(CO)C(O)C(O)C1O)OC(=O)CCCC. The van der Waals surface area contributed by atoms with Crippen LogP contribution in [0.25, 0.3) is 0 Å². The average molecular weight is 645 g/mol. The van der Waals surface area contributed by atoms with Gasteiger partial charge >= 0.3 is 5.97 Å². The Morgan fingerprint density at radius 3 is 1.78 bits per heavy atom. The number of aliphatic hydroxyl groups excluding tert-OH is 4. The van der Waals surface area contributed by atoms with Crippen LogP contribution in [0.4, 0.5) is 0 Å². The fourth-order valence-corrected chi connectivity index (χ4v) is 5.46. The standard InChI is InChI=1S/C36H68O9/c1-3-5-7-8-9-10-11-12-13-14-15-16-17-18-19-20-21-22-23-24-26-42-28-30(44-32(38)25-6-4-2)29-43-36-35(41)34(40)33(39)31(27-37)45-36/h12-13,30-31,33-37,39-41H,3-11,14-29H2,1-2H3/b13-12-. The quantitative estimate of drug-likeness (QED) is 0.0392. The summed E-state index contributed by atoms with van der Waals surface area (Å²) in [6, 6.07) is 0. The second-order valence-corrected chi connectivity index (χ2v) is 12.7. The molecule has 266 valence electrons. The molecule has 1 aliphatic rings. The lowest BCUT2D eigenvalue weighted by Gasteiger charge is -2.39. The summed E-state index contributed by atoms with van der Waals surface area (Å²) in [5.41, 5.74) is 0. The van der Waals surface area contributed by atoms with E-state index in [0.29, 0.717) is 13.0 Å². The van der Waals surface area contributed by atoms with Crippen LogP contribution in [0, 0.1) is 0 Å². The number of hydrogen-bond acceptors (Lipinski definition) is 9. The maximum atomic E-state index is 12.2. The highest BCUT2D eigenvalue weighted by Crippen LogP contribution is 2.22. The molecule has 1 rings (SSSR count). The number of esters is 1. The van der Waals surface area contributed by atoms with Gasteiger partial charge in [0.15, 0.2) is 6.29 Å². The lowest BCUT2D eigenvalue weighted by Crippen LogP contribution is -2.59. The Kier molecular flexibility index (Phi) is 27.1. The topological polar surface area (TPSA) is 135 Å². The second-order valence-electron chi connectivity index (χ2n) is 12.7. The molecule has 6 atom stereocenters. The van der Waals surface area contributed by atoms with Crippen LogP contribution in [-0.2, 0) is 23.7 Å². The van der Waals surface area contributed by atoms with Gasteiger partial charge in [-0.1, -0.05) is 116 Å². The normalized spacial score (nSPS) is 22.7. The molecule has 9 nitrogen and oxygen atoms in total. The van der Waals surface area contributed by atoms with Gasteiger partial charge in [0.05, 0.1) is 19.8 Å². The van der Waals surface area contributed by atoms with E-state index in [1.54, 1.807) is 0 Å². The van der Waals surface area contributed by atoms with Crippen molar-refractivity contribution in [1.29, 1.82) is 0 Å². The van der Waals surface area contributed by atoms with Crippen molar-refractivity contribution in [2.75, 3.05) is 26.4 Å². The van der Waals surface area contributed by atoms with Crippen LogP contribution in [0.3, 0.4) is 0 Å². The van der Waals surface area contributed by atoms with Crippen LogP contribution >= 0.6 is 0 Å². The van der Waals surface area contributed by atoms with E-state index in [0.717, 1.165) is 25.7 Å². The first-order chi connectivity index (χ1) is 21.9. The predicted octanol–water partition coefficient (Wildman–Crippen LogP) is 6.52. The van der Waals surface area contributed by atoms with Gasteiger partial charge in [-0.2, -0.15) is 0 Å². The van der Waals surface area contributed by atoms with E-state index in [4.69, 9.17) is 18.9 Å². The molecule has 6 unspecified atom stereocenters. The molecule has 1 aliphatic heterocycles. The third-order valence-corrected chi connectivity index (χ3v) is 8.43. The van der Waals surface area contributed by atoms with Crippen LogP contribution < -0.4 is 0 Å². The Labute approximate surface area is 274 Å². The molecule has 0 radical (unpaired) electrons. The maximum Gasteiger partial charge on any atom is 0.306 e. The number of ether oxygens (including phenoxy) is 4. The van der Waals surface area contributed by atoms with Crippen LogP contribution in [-0.4, -0.2) is 89.6 Å². The molecule has 0 saturated carbocycles. The zero-order chi connectivity index (χ0) is 33.0. The number of carbonyl (C=O) groups is 1. The number of carbonyl (C=O) groups excluding carboxylic acids is 1. The number of rotatable bonds is 30. The first-order valence-corrected chi connectivity index (χ1v) is 18.3. The van der Waals surface area contributed by atoms with Crippen molar-refractivity contribution in [2.45, 2.75) is 185 Å². The van der Waals surface area contributed by atoms with Gasteiger partial charge in [0.1, 0.15) is 30.5 Å². The molecule has 0 aliphatic carbocycles. The molecule has 0 aromatic carbocycles. The molecular formula is C36H68O9. The minimum atomic E-state index is -1.53. The summed E-state index contributed by atoms with van der Waals surface area (Å²) in [5.74, 6) is -0.349. The van der Waals surface area contributed by atoms with Crippen LogP contribution in [0.1, 0.15) is 149 Å². The first-order valence-electron chi connectivity index (χ1n) is 18.3. The Balaban J connectivity index is 2.09. The Morgan fingerprint density at radius 1 is 0.689 bits per heavy atom. The minimum absolute atomic E-state index is 0.115. The lowest BCUT2D eigenvalue weighted by molar-refractivity contribution is -0.305. The summed E-state index contributed by atoms with van der Waals surface area (Å²) in [5, 5.41) is 39.5. The van der Waals surface area contributed by atoms with Crippen LogP contribution in [0.2, 0.25) is 0 Å². The highest BCUT2D eigenvalue weighted by Gasteiger charge is 2.44. The van der Waals surface area contributed by atoms with Gasteiger partial charge in [-0.15, -0.1) is 0 Å². The number of aliphatic hydroxyl groups is 4. The number of hydrogen-bond donors (Lipinski definition) is 4. The summed E-state index contributed by atoms with van der Waals surface area (Å²) < 4.78 is 22.3. The highest BCUT2D eigenvalue weighted by atomic mass is 16.7. The van der Waals surface area contributed by atoms with E-state index in [-0.39, 0.29) is 19.2 Å². The van der Waals surface area contributed by atoms with Crippen LogP contribution in [0.15, 0.2) is 12.2 Å². The van der Waals surface area contributed by atoms with Crippen molar-refractivity contribution in [3.63, 3.8) is 0 Å². The van der Waals surface area contributed by atoms with Gasteiger partial charge in [0.2, 0.25) is 0 Å². The molecule has 45 heavy (non-hydrogen) atoms. The van der Waals surface area contributed by atoms with Gasteiger partial charge in [-0.3, -0.25) is 4.79 Å². The first kappa shape index (κ1) is 42.0. The molecule has 1 saturated heterocycles. The summed E-state index contributed by atoms with van der Waals surface area (Å²) in [6.45, 7) is 4.30. The number of allylic oxidation sites excluding steroid dienone is 2. The Hall–Kier alpha value is -1.07. The summed E-state index contributed by atoms with van der Waals surface area (Å²) in [6.07, 6.45) is 22.2. The summed E-state index contributed by atoms with van der Waals surface area (Å²) in [7, 11) is 0. The van der Waals surface area contributed by atoms with E-state index < -0.39 is 43.4 Å². The largest absolute Gasteiger partial charge is 0.457 e. The molecule has 0 bridgehead atoms. The summed E-state index contributed by atoms with van der Waals surface area (Å²) >= 11 is 0. The van der Waals surface area contributed by atoms with Gasteiger partial charge < -0.3 is 39.4 Å². The molecule has 0 aromatic rings. The van der Waals surface area contributed by atoms with Gasteiger partial charge in [-0.05, 0) is 38.5 Å². The maximum absolute atomic E-state index is 12.2. The zero-order valence-electron chi connectivity index (χ0n) is 28.6. The molecule has 0 spiro atoms. The third-order valence-electron chi connectivity index (χ3n) is 8.43. The van der Waals surface area contributed by atoms with Crippen LogP contribution in [0.5, 0.6) is 0 Å². The average Bonchev–Trinajstić information content (AvgIpc) is 3.04. The number of unbranched alkanes of at least 4 members (excludes halogenated alkanes) is 17. The van der Waals surface area contributed by atoms with Crippen molar-refractivity contribution >= 4 is 5.97 Å². The molecule has 4 N–H and O–H groups in total. The fraction of sp³-hybridized carbons (Fsp3) is 0.917. The van der Waals surface area contributed by atoms with E-state index >= 15 is 0 Å². The third kappa shape index (κ3) is 21.4. The molecule has 0 aromatic heterocycles. The predicted molar refractivity (Wildman–Crippen MR) is 178 cm³/mol. The minimum Gasteiger partial charge on any atom is -0.457 e. The Bertz CT molecular complexity index is 702. The van der Waals surface area contributed by atoms with Crippen molar-refractivity contribution in [3.05, 3.63) is 12.2 Å². The van der Waals surface area contributed by atoms with Crippen molar-refractivity contribution in [3.8, 4) is 0 Å². The van der Waals surface area contributed by atoms with E-state index in [1.807, 2.05) is 6.92 Å². The van der Waals surface area contributed by atoms with E-state index in [2.05, 4.69) is 19.1 Å². The Morgan fingerprint density at radius 2 is 1.22 bits per heavy atom. The van der Waals surface area contributed by atoms with E-state index in [1.165, 1.54) is 103 Å². The van der Waals surface area contributed by atoms with Crippen molar-refractivity contribution < 1.29 is 44.2 Å². The molecular weight excluding hydrogens is 576 g/mol. The molecule has 9 heteroatoms. The lowest BCUT2D eigenvalue weighted by atomic mass is 9.99. The smallest absolute Gasteiger partial charge is 0.306 e. The van der Waals surface area contributed by atoms with E-state index in [9.17, 15) is 25.2 Å². The second kappa shape index (κ2) is 29.1. The molecule has 1 heterocycles. The monoisotopic (exact) mass is 644 g/mol. The van der Waals surface area contributed by atoms with Crippen molar-refractivity contribution in [2.24, 2.45) is 0 Å². The zero-order valence-corrected chi connectivity index (χ0v) is 28.6. The van der Waals surface area contributed by atoms with Gasteiger partial charge in [0.25, 0.3) is 0 Å². The fourth-order valence-electron chi connectivity index (χ4n) is 5.46. The van der Waals surface area contributed by atoms with Gasteiger partial charge in [0, 0.05) is 13.0 Å². The van der Waals surface area contributed by atoms with Gasteiger partial charge in [-0.25, -0.2) is 0 Å².